The van der Waals surface area contributed by atoms with Crippen molar-refractivity contribution in [1.29, 1.82) is 0 Å². The maximum absolute atomic E-state index is 12.2. The average molecular weight is 389 g/mol. The van der Waals surface area contributed by atoms with E-state index in [4.69, 9.17) is 0 Å². The first-order valence-electron chi connectivity index (χ1n) is 8.07. The number of benzene rings is 1. The number of para-hydroxylation sites is 1. The molecule has 26 heavy (non-hydrogen) atoms. The fraction of sp³-hybridized carbons (Fsp3) is 0.353. The Morgan fingerprint density at radius 2 is 2.08 bits per heavy atom. The standard InChI is InChI=1S/C17H20N6OS2/c1-11-7-5-6-8-12(11)23-16(20-21-22-23)26-10-14(24)19-15-18-13(9-25-15)17(2,3)4/h5-9H,10H2,1-4H3,(H,18,19,24). The van der Waals surface area contributed by atoms with Gasteiger partial charge in [0, 0.05) is 10.8 Å². The molecule has 0 atom stereocenters. The number of anilines is 1. The Balaban J connectivity index is 1.63. The average Bonchev–Trinajstić information content (AvgIpc) is 3.22. The van der Waals surface area contributed by atoms with Crippen molar-refractivity contribution in [2.45, 2.75) is 38.3 Å². The fourth-order valence-electron chi connectivity index (χ4n) is 2.18. The van der Waals surface area contributed by atoms with Crippen molar-refractivity contribution in [2.24, 2.45) is 0 Å². The number of hydrogen-bond acceptors (Lipinski definition) is 7. The topological polar surface area (TPSA) is 85.6 Å². The Bertz CT molecular complexity index is 912. The molecule has 2 heterocycles. The van der Waals surface area contributed by atoms with Gasteiger partial charge in [0.15, 0.2) is 5.13 Å². The van der Waals surface area contributed by atoms with Gasteiger partial charge in [0.2, 0.25) is 11.1 Å². The summed E-state index contributed by atoms with van der Waals surface area (Å²) in [6.07, 6.45) is 0. The van der Waals surface area contributed by atoms with E-state index in [1.54, 1.807) is 4.68 Å². The van der Waals surface area contributed by atoms with Gasteiger partial charge in [-0.3, -0.25) is 4.79 Å². The number of carbonyl (C=O) groups is 1. The lowest BCUT2D eigenvalue weighted by atomic mass is 9.93. The van der Waals surface area contributed by atoms with Crippen LogP contribution >= 0.6 is 23.1 Å². The van der Waals surface area contributed by atoms with Crippen molar-refractivity contribution in [2.75, 3.05) is 11.1 Å². The van der Waals surface area contributed by atoms with Gasteiger partial charge in [0.25, 0.3) is 0 Å². The van der Waals surface area contributed by atoms with E-state index in [0.29, 0.717) is 10.3 Å². The van der Waals surface area contributed by atoms with Crippen molar-refractivity contribution >= 4 is 34.1 Å². The summed E-state index contributed by atoms with van der Waals surface area (Å²) in [5.74, 6) is 0.0700. The second kappa shape index (κ2) is 7.55. The summed E-state index contributed by atoms with van der Waals surface area (Å²) < 4.78 is 1.65. The van der Waals surface area contributed by atoms with E-state index in [0.717, 1.165) is 16.9 Å². The number of nitrogens with zero attached hydrogens (tertiary/aromatic N) is 5. The second-order valence-electron chi connectivity index (χ2n) is 6.78. The summed E-state index contributed by atoms with van der Waals surface area (Å²) in [5.41, 5.74) is 2.89. The zero-order valence-corrected chi connectivity index (χ0v) is 16.7. The molecule has 0 spiro atoms. The maximum atomic E-state index is 12.2. The molecule has 0 radical (unpaired) electrons. The number of thioether (sulfide) groups is 1. The van der Waals surface area contributed by atoms with Crippen LogP contribution in [0.15, 0.2) is 34.8 Å². The molecule has 0 saturated carbocycles. The van der Waals surface area contributed by atoms with Crippen molar-refractivity contribution in [3.8, 4) is 5.69 Å². The highest BCUT2D eigenvalue weighted by molar-refractivity contribution is 7.99. The van der Waals surface area contributed by atoms with E-state index in [1.165, 1.54) is 23.1 Å². The van der Waals surface area contributed by atoms with Gasteiger partial charge in [-0.1, -0.05) is 50.7 Å². The zero-order chi connectivity index (χ0) is 18.7. The van der Waals surface area contributed by atoms with Gasteiger partial charge in [0.05, 0.1) is 17.1 Å². The van der Waals surface area contributed by atoms with Crippen molar-refractivity contribution in [1.82, 2.24) is 25.2 Å². The highest BCUT2D eigenvalue weighted by Gasteiger charge is 2.18. The van der Waals surface area contributed by atoms with Gasteiger partial charge in [-0.15, -0.1) is 16.4 Å². The molecule has 3 rings (SSSR count). The lowest BCUT2D eigenvalue weighted by Crippen LogP contribution is -2.16. The normalized spacial score (nSPS) is 11.5. The highest BCUT2D eigenvalue weighted by Crippen LogP contribution is 2.26. The number of rotatable bonds is 5. The molecule has 1 N–H and O–H groups in total. The number of carbonyl (C=O) groups excluding carboxylic acids is 1. The molecule has 0 unspecified atom stereocenters. The van der Waals surface area contributed by atoms with Gasteiger partial charge in [-0.05, 0) is 29.0 Å². The van der Waals surface area contributed by atoms with Crippen LogP contribution in [0.5, 0.6) is 0 Å². The first-order valence-corrected chi connectivity index (χ1v) is 9.94. The smallest absolute Gasteiger partial charge is 0.236 e. The molecule has 3 aromatic rings. The van der Waals surface area contributed by atoms with E-state index >= 15 is 0 Å². The Morgan fingerprint density at radius 1 is 1.31 bits per heavy atom. The van der Waals surface area contributed by atoms with E-state index in [1.807, 2.05) is 36.6 Å². The number of thiazole rings is 1. The molecule has 9 heteroatoms. The van der Waals surface area contributed by atoms with E-state index in [2.05, 4.69) is 46.6 Å². The van der Waals surface area contributed by atoms with Crippen molar-refractivity contribution in [3.63, 3.8) is 0 Å². The van der Waals surface area contributed by atoms with Gasteiger partial charge in [0.1, 0.15) is 0 Å². The molecular formula is C17H20N6OS2. The maximum Gasteiger partial charge on any atom is 0.236 e. The minimum atomic E-state index is -0.135. The largest absolute Gasteiger partial charge is 0.301 e. The van der Waals surface area contributed by atoms with Crippen LogP contribution in [0.2, 0.25) is 0 Å². The number of tetrazole rings is 1. The van der Waals surface area contributed by atoms with Gasteiger partial charge < -0.3 is 5.32 Å². The summed E-state index contributed by atoms with van der Waals surface area (Å²) in [7, 11) is 0. The third-order valence-corrected chi connectivity index (χ3v) is 5.31. The molecule has 7 nitrogen and oxygen atoms in total. The number of nitrogens with one attached hydrogen (secondary N) is 1. The van der Waals surface area contributed by atoms with E-state index in [9.17, 15) is 4.79 Å². The molecule has 0 saturated heterocycles. The Hall–Kier alpha value is -2.26. The highest BCUT2D eigenvalue weighted by atomic mass is 32.2. The molecule has 1 amide bonds. The predicted molar refractivity (Wildman–Crippen MR) is 104 cm³/mol. The molecule has 136 valence electrons. The summed E-state index contributed by atoms with van der Waals surface area (Å²) in [6.45, 7) is 8.27. The molecule has 2 aromatic heterocycles. The zero-order valence-electron chi connectivity index (χ0n) is 15.1. The summed E-state index contributed by atoms with van der Waals surface area (Å²) in [4.78, 5) is 16.7. The third kappa shape index (κ3) is 4.28. The Kier molecular flexibility index (Phi) is 5.38. The molecule has 0 bridgehead atoms. The van der Waals surface area contributed by atoms with E-state index < -0.39 is 0 Å². The van der Waals surface area contributed by atoms with Crippen LogP contribution in [0.4, 0.5) is 5.13 Å². The SMILES string of the molecule is Cc1ccccc1-n1nnnc1SCC(=O)Nc1nc(C(C)(C)C)cs1. The number of aromatic nitrogens is 5. The van der Waals surface area contributed by atoms with Crippen LogP contribution in [0, 0.1) is 6.92 Å². The van der Waals surface area contributed by atoms with Gasteiger partial charge in [-0.2, -0.15) is 4.68 Å². The molecular weight excluding hydrogens is 368 g/mol. The molecule has 0 aliphatic carbocycles. The van der Waals surface area contributed by atoms with Crippen LogP contribution in [-0.4, -0.2) is 36.9 Å². The number of amides is 1. The van der Waals surface area contributed by atoms with Crippen LogP contribution < -0.4 is 5.32 Å². The molecule has 0 aliphatic heterocycles. The van der Waals surface area contributed by atoms with Crippen LogP contribution in [-0.2, 0) is 10.2 Å². The predicted octanol–water partition coefficient (Wildman–Crippen LogP) is 3.46. The first kappa shape index (κ1) is 18.5. The fourth-order valence-corrected chi connectivity index (χ4v) is 3.82. The van der Waals surface area contributed by atoms with Crippen molar-refractivity contribution in [3.05, 3.63) is 40.9 Å². The minimum Gasteiger partial charge on any atom is -0.301 e. The third-order valence-electron chi connectivity index (χ3n) is 3.64. The minimum absolute atomic E-state index is 0.0378. The van der Waals surface area contributed by atoms with Crippen molar-refractivity contribution < 1.29 is 4.79 Å². The molecule has 1 aromatic carbocycles. The van der Waals surface area contributed by atoms with Crippen LogP contribution in [0.25, 0.3) is 5.69 Å². The molecule has 0 aliphatic rings. The van der Waals surface area contributed by atoms with Crippen LogP contribution in [0.3, 0.4) is 0 Å². The monoisotopic (exact) mass is 388 g/mol. The number of aryl methyl sites for hydroxylation is 1. The summed E-state index contributed by atoms with van der Waals surface area (Å²) >= 11 is 2.72. The van der Waals surface area contributed by atoms with Gasteiger partial charge >= 0.3 is 0 Å². The lowest BCUT2D eigenvalue weighted by molar-refractivity contribution is -0.113. The summed E-state index contributed by atoms with van der Waals surface area (Å²) in [6, 6.07) is 7.83. The number of hydrogen-bond donors (Lipinski definition) is 1. The lowest BCUT2D eigenvalue weighted by Gasteiger charge is -2.14. The van der Waals surface area contributed by atoms with Gasteiger partial charge in [-0.25, -0.2) is 4.98 Å². The molecule has 0 fully saturated rings. The Labute approximate surface area is 160 Å². The Morgan fingerprint density at radius 3 is 2.77 bits per heavy atom. The second-order valence-corrected chi connectivity index (χ2v) is 8.59. The van der Waals surface area contributed by atoms with E-state index in [-0.39, 0.29) is 17.1 Å². The first-order chi connectivity index (χ1) is 12.3. The summed E-state index contributed by atoms with van der Waals surface area (Å²) in [5, 5.41) is 17.8. The van der Waals surface area contributed by atoms with Crippen LogP contribution in [0.1, 0.15) is 32.0 Å². The quantitative estimate of drug-likeness (QED) is 0.674.